The zero-order chi connectivity index (χ0) is 16.7. The van der Waals surface area contributed by atoms with Crippen molar-refractivity contribution < 1.29 is 14.6 Å². The molecule has 7 nitrogen and oxygen atoms in total. The Morgan fingerprint density at radius 2 is 2.09 bits per heavy atom. The Balaban J connectivity index is 1.94. The second-order valence-electron chi connectivity index (χ2n) is 5.47. The first-order valence-corrected chi connectivity index (χ1v) is 7.80. The fraction of sp³-hybridized carbons (Fsp3) is 0.500. The molecule has 0 aliphatic heterocycles. The number of nitrogens with zero attached hydrogens (tertiary/aromatic N) is 4. The van der Waals surface area contributed by atoms with Gasteiger partial charge in [0.25, 0.3) is 0 Å². The van der Waals surface area contributed by atoms with E-state index < -0.39 is 12.0 Å². The summed E-state index contributed by atoms with van der Waals surface area (Å²) in [5, 5.41) is 20.9. The second-order valence-corrected chi connectivity index (χ2v) is 5.47. The van der Waals surface area contributed by atoms with Crippen molar-refractivity contribution in [3.63, 3.8) is 0 Å². The van der Waals surface area contributed by atoms with Gasteiger partial charge in [-0.2, -0.15) is 0 Å². The molecule has 23 heavy (non-hydrogen) atoms. The lowest BCUT2D eigenvalue weighted by atomic mass is 9.99. The number of rotatable bonds is 9. The van der Waals surface area contributed by atoms with E-state index in [0.29, 0.717) is 25.3 Å². The minimum atomic E-state index is -0.909. The van der Waals surface area contributed by atoms with Crippen LogP contribution < -0.4 is 4.74 Å². The van der Waals surface area contributed by atoms with E-state index >= 15 is 0 Å². The smallest absolute Gasteiger partial charge is 0.328 e. The maximum Gasteiger partial charge on any atom is 0.328 e. The fourth-order valence-corrected chi connectivity index (χ4v) is 2.34. The average molecular weight is 318 g/mol. The van der Waals surface area contributed by atoms with Gasteiger partial charge in [0.05, 0.1) is 6.61 Å². The molecule has 0 saturated carbocycles. The van der Waals surface area contributed by atoms with Gasteiger partial charge in [-0.25, -0.2) is 9.48 Å². The van der Waals surface area contributed by atoms with Crippen molar-refractivity contribution in [1.29, 1.82) is 0 Å². The van der Waals surface area contributed by atoms with E-state index in [1.807, 2.05) is 44.2 Å². The SMILES string of the molecule is CCC(C)C(C(=O)O)n1nnnc1CCCOc1ccccc1. The van der Waals surface area contributed by atoms with Crippen LogP contribution in [0.25, 0.3) is 0 Å². The van der Waals surface area contributed by atoms with Gasteiger partial charge >= 0.3 is 5.97 Å². The highest BCUT2D eigenvalue weighted by atomic mass is 16.5. The number of benzene rings is 1. The highest BCUT2D eigenvalue weighted by Crippen LogP contribution is 2.21. The summed E-state index contributed by atoms with van der Waals surface area (Å²) in [6, 6.07) is 8.82. The number of aliphatic carboxylic acids is 1. The molecule has 0 fully saturated rings. The van der Waals surface area contributed by atoms with Crippen LogP contribution in [0, 0.1) is 5.92 Å². The molecule has 0 amide bonds. The molecule has 0 saturated heterocycles. The molecule has 1 aromatic carbocycles. The number of hydrogen-bond acceptors (Lipinski definition) is 5. The van der Waals surface area contributed by atoms with Crippen LogP contribution in [0.5, 0.6) is 5.75 Å². The fourth-order valence-electron chi connectivity index (χ4n) is 2.34. The number of carbonyl (C=O) groups is 1. The molecule has 0 aliphatic carbocycles. The predicted octanol–water partition coefficient (Wildman–Crippen LogP) is 2.36. The number of carboxylic acids is 1. The van der Waals surface area contributed by atoms with Gasteiger partial charge < -0.3 is 9.84 Å². The number of carboxylic acid groups (broad SMARTS) is 1. The molecule has 1 N–H and O–H groups in total. The van der Waals surface area contributed by atoms with Crippen LogP contribution in [0.15, 0.2) is 30.3 Å². The first-order valence-electron chi connectivity index (χ1n) is 7.80. The van der Waals surface area contributed by atoms with Crippen molar-refractivity contribution in [2.24, 2.45) is 5.92 Å². The number of hydrogen-bond donors (Lipinski definition) is 1. The van der Waals surface area contributed by atoms with Crippen LogP contribution in [-0.2, 0) is 11.2 Å². The number of aryl methyl sites for hydroxylation is 1. The zero-order valence-corrected chi connectivity index (χ0v) is 13.4. The Kier molecular flexibility index (Phi) is 6.08. The summed E-state index contributed by atoms with van der Waals surface area (Å²) < 4.78 is 7.06. The summed E-state index contributed by atoms with van der Waals surface area (Å²) in [5.41, 5.74) is 0. The molecule has 0 aliphatic rings. The molecule has 2 rings (SSSR count). The molecule has 2 aromatic rings. The first kappa shape index (κ1) is 16.9. The van der Waals surface area contributed by atoms with Gasteiger partial charge in [-0.1, -0.05) is 38.5 Å². The van der Waals surface area contributed by atoms with E-state index in [-0.39, 0.29) is 5.92 Å². The summed E-state index contributed by atoms with van der Waals surface area (Å²) in [4.78, 5) is 11.5. The minimum absolute atomic E-state index is 0.0460. The molecule has 124 valence electrons. The Hall–Kier alpha value is -2.44. The highest BCUT2D eigenvalue weighted by molar-refractivity contribution is 5.72. The number of aromatic nitrogens is 4. The first-order chi connectivity index (χ1) is 11.1. The Labute approximate surface area is 135 Å². The quantitative estimate of drug-likeness (QED) is 0.714. The van der Waals surface area contributed by atoms with Gasteiger partial charge in [0.15, 0.2) is 11.9 Å². The molecule has 2 unspecified atom stereocenters. The van der Waals surface area contributed by atoms with Gasteiger partial charge in [0, 0.05) is 6.42 Å². The van der Waals surface area contributed by atoms with E-state index in [4.69, 9.17) is 4.74 Å². The van der Waals surface area contributed by atoms with Crippen molar-refractivity contribution in [3.05, 3.63) is 36.2 Å². The molecule has 0 bridgehead atoms. The molecule has 2 atom stereocenters. The summed E-state index contributed by atoms with van der Waals surface area (Å²) >= 11 is 0. The summed E-state index contributed by atoms with van der Waals surface area (Å²) in [5.74, 6) is 0.438. The Bertz CT molecular complexity index is 615. The lowest BCUT2D eigenvalue weighted by molar-refractivity contribution is -0.143. The van der Waals surface area contributed by atoms with E-state index in [1.54, 1.807) is 0 Å². The molecule has 7 heteroatoms. The Morgan fingerprint density at radius 1 is 1.35 bits per heavy atom. The third-order valence-corrected chi connectivity index (χ3v) is 3.82. The zero-order valence-electron chi connectivity index (χ0n) is 13.4. The molecule has 1 aromatic heterocycles. The highest BCUT2D eigenvalue weighted by Gasteiger charge is 2.28. The monoisotopic (exact) mass is 318 g/mol. The van der Waals surface area contributed by atoms with E-state index in [9.17, 15) is 9.90 Å². The summed E-state index contributed by atoms with van der Waals surface area (Å²) in [7, 11) is 0. The molecule has 0 spiro atoms. The van der Waals surface area contributed by atoms with Crippen LogP contribution in [0.3, 0.4) is 0 Å². The van der Waals surface area contributed by atoms with Crippen LogP contribution in [0.4, 0.5) is 0 Å². The van der Waals surface area contributed by atoms with Crippen LogP contribution in [0.1, 0.15) is 38.6 Å². The average Bonchev–Trinajstić information content (AvgIpc) is 3.00. The second kappa shape index (κ2) is 8.26. The molecular weight excluding hydrogens is 296 g/mol. The normalized spacial score (nSPS) is 13.5. The van der Waals surface area contributed by atoms with E-state index in [0.717, 1.165) is 12.2 Å². The number of tetrazole rings is 1. The van der Waals surface area contributed by atoms with Gasteiger partial charge in [0.1, 0.15) is 5.75 Å². The summed E-state index contributed by atoms with van der Waals surface area (Å²) in [6.45, 7) is 4.37. The summed E-state index contributed by atoms with van der Waals surface area (Å²) in [6.07, 6.45) is 2.02. The molecule has 0 radical (unpaired) electrons. The Morgan fingerprint density at radius 3 is 2.74 bits per heavy atom. The van der Waals surface area contributed by atoms with Crippen LogP contribution in [0.2, 0.25) is 0 Å². The minimum Gasteiger partial charge on any atom is -0.494 e. The predicted molar refractivity (Wildman–Crippen MR) is 84.2 cm³/mol. The third-order valence-electron chi connectivity index (χ3n) is 3.82. The van der Waals surface area contributed by atoms with Crippen molar-refractivity contribution in [2.45, 2.75) is 39.2 Å². The maximum absolute atomic E-state index is 11.5. The number of ether oxygens (including phenoxy) is 1. The van der Waals surface area contributed by atoms with Gasteiger partial charge in [-0.15, -0.1) is 5.10 Å². The third kappa shape index (κ3) is 4.51. The van der Waals surface area contributed by atoms with Crippen molar-refractivity contribution in [1.82, 2.24) is 20.2 Å². The largest absolute Gasteiger partial charge is 0.494 e. The standard InChI is InChI=1S/C16H22N4O3/c1-3-12(2)15(16(21)22)20-14(17-18-19-20)10-7-11-23-13-8-5-4-6-9-13/h4-6,8-9,12,15H,3,7,10-11H2,1-2H3,(H,21,22). The van der Waals surface area contributed by atoms with Gasteiger partial charge in [-0.05, 0) is 34.9 Å². The van der Waals surface area contributed by atoms with Crippen molar-refractivity contribution >= 4 is 5.97 Å². The number of para-hydroxylation sites is 1. The van der Waals surface area contributed by atoms with Crippen molar-refractivity contribution in [2.75, 3.05) is 6.61 Å². The lowest BCUT2D eigenvalue weighted by Crippen LogP contribution is -2.28. The van der Waals surface area contributed by atoms with Gasteiger partial charge in [0.2, 0.25) is 0 Å². The molecular formula is C16H22N4O3. The van der Waals surface area contributed by atoms with Gasteiger partial charge in [-0.3, -0.25) is 0 Å². The van der Waals surface area contributed by atoms with E-state index in [1.165, 1.54) is 4.68 Å². The van der Waals surface area contributed by atoms with E-state index in [2.05, 4.69) is 15.5 Å². The van der Waals surface area contributed by atoms with Crippen LogP contribution in [-0.4, -0.2) is 37.9 Å². The van der Waals surface area contributed by atoms with Crippen molar-refractivity contribution in [3.8, 4) is 5.75 Å². The lowest BCUT2D eigenvalue weighted by Gasteiger charge is -2.19. The maximum atomic E-state index is 11.5. The molecule has 1 heterocycles. The topological polar surface area (TPSA) is 90.1 Å². The van der Waals surface area contributed by atoms with Crippen LogP contribution >= 0.6 is 0 Å².